The lowest BCUT2D eigenvalue weighted by atomic mass is 10.0. The van der Waals surface area contributed by atoms with Crippen LogP contribution in [0.3, 0.4) is 0 Å². The molecule has 1 amide bonds. The average molecular weight is 220 g/mol. The summed E-state index contributed by atoms with van der Waals surface area (Å²) in [5.41, 5.74) is 0. The summed E-state index contributed by atoms with van der Waals surface area (Å²) in [5, 5.41) is 6.22. The van der Waals surface area contributed by atoms with Crippen molar-refractivity contribution < 1.29 is 4.79 Å². The number of rotatable bonds is 5. The van der Waals surface area contributed by atoms with Gasteiger partial charge in [0.1, 0.15) is 0 Å². The minimum absolute atomic E-state index is 0.153. The molecule has 0 saturated heterocycles. The summed E-state index contributed by atoms with van der Waals surface area (Å²) in [6, 6.07) is 0.518. The smallest absolute Gasteiger partial charge is 0.234 e. The Kier molecular flexibility index (Phi) is 2.51. The fourth-order valence-corrected chi connectivity index (χ4v) is 4.04. The number of carbonyl (C=O) groups is 1. The summed E-state index contributed by atoms with van der Waals surface area (Å²) in [6.07, 6.45) is 6.04. The van der Waals surface area contributed by atoms with Crippen molar-refractivity contribution in [3.8, 4) is 0 Å². The zero-order valence-electron chi connectivity index (χ0n) is 9.61. The van der Waals surface area contributed by atoms with Crippen molar-refractivity contribution in [3.63, 3.8) is 0 Å². The molecule has 4 atom stereocenters. The third-order valence-corrected chi connectivity index (χ3v) is 4.64. The van der Waals surface area contributed by atoms with Gasteiger partial charge in [0.15, 0.2) is 0 Å². The van der Waals surface area contributed by atoms with Crippen LogP contribution in [0.2, 0.25) is 0 Å². The molecule has 3 heteroatoms. The highest BCUT2D eigenvalue weighted by Gasteiger charge is 2.65. The summed E-state index contributed by atoms with van der Waals surface area (Å²) >= 11 is 0. The summed E-state index contributed by atoms with van der Waals surface area (Å²) in [6.45, 7) is 4.74. The second-order valence-corrected chi connectivity index (χ2v) is 5.50. The number of hydrogen-bond acceptors (Lipinski definition) is 2. The molecule has 0 aromatic carbocycles. The molecule has 3 fully saturated rings. The Balaban J connectivity index is 1.44. The van der Waals surface area contributed by atoms with Gasteiger partial charge in [0.05, 0.1) is 6.54 Å². The highest BCUT2D eigenvalue weighted by molar-refractivity contribution is 5.78. The number of hydrogen-bond donors (Lipinski definition) is 2. The molecule has 0 aromatic rings. The summed E-state index contributed by atoms with van der Waals surface area (Å²) in [4.78, 5) is 11.6. The van der Waals surface area contributed by atoms with Gasteiger partial charge in [0, 0.05) is 12.6 Å². The first kappa shape index (κ1) is 10.3. The predicted molar refractivity (Wildman–Crippen MR) is 62.8 cm³/mol. The van der Waals surface area contributed by atoms with Crippen LogP contribution in [0.1, 0.15) is 19.3 Å². The summed E-state index contributed by atoms with van der Waals surface area (Å²) in [5.74, 6) is 3.69. The lowest BCUT2D eigenvalue weighted by Crippen LogP contribution is -2.37. The zero-order valence-corrected chi connectivity index (χ0v) is 9.61. The molecule has 0 radical (unpaired) electrons. The molecule has 0 aromatic heterocycles. The van der Waals surface area contributed by atoms with E-state index in [4.69, 9.17) is 0 Å². The number of amides is 1. The highest BCUT2D eigenvalue weighted by Crippen LogP contribution is 2.65. The molecular formula is C13H20N2O. The molecule has 16 heavy (non-hydrogen) atoms. The fourth-order valence-electron chi connectivity index (χ4n) is 4.04. The monoisotopic (exact) mass is 220 g/mol. The molecule has 3 nitrogen and oxygen atoms in total. The molecule has 0 heterocycles. The Bertz CT molecular complexity index is 299. The van der Waals surface area contributed by atoms with Crippen LogP contribution in [-0.2, 0) is 4.79 Å². The van der Waals surface area contributed by atoms with Gasteiger partial charge in [-0.25, -0.2) is 0 Å². The van der Waals surface area contributed by atoms with Crippen molar-refractivity contribution >= 4 is 5.91 Å². The maximum atomic E-state index is 11.6. The van der Waals surface area contributed by atoms with Crippen LogP contribution >= 0.6 is 0 Å². The Labute approximate surface area is 96.7 Å². The number of fused-ring (bicyclic) bond motifs is 5. The van der Waals surface area contributed by atoms with E-state index >= 15 is 0 Å². The topological polar surface area (TPSA) is 41.1 Å². The van der Waals surface area contributed by atoms with Crippen molar-refractivity contribution in [1.82, 2.24) is 10.6 Å². The summed E-state index contributed by atoms with van der Waals surface area (Å²) < 4.78 is 0. The van der Waals surface area contributed by atoms with E-state index in [1.807, 2.05) is 0 Å². The first-order valence-corrected chi connectivity index (χ1v) is 6.42. The van der Waals surface area contributed by atoms with E-state index in [9.17, 15) is 4.79 Å². The van der Waals surface area contributed by atoms with E-state index in [2.05, 4.69) is 17.2 Å². The van der Waals surface area contributed by atoms with Crippen molar-refractivity contribution in [2.45, 2.75) is 25.3 Å². The normalized spacial score (nSPS) is 42.9. The van der Waals surface area contributed by atoms with Gasteiger partial charge in [0.2, 0.25) is 5.91 Å². The molecule has 88 valence electrons. The van der Waals surface area contributed by atoms with Crippen LogP contribution in [0.15, 0.2) is 12.7 Å². The maximum absolute atomic E-state index is 11.6. The molecule has 3 saturated carbocycles. The molecule has 3 aliphatic rings. The van der Waals surface area contributed by atoms with Gasteiger partial charge in [-0.05, 0) is 42.9 Å². The first-order valence-electron chi connectivity index (χ1n) is 6.42. The lowest BCUT2D eigenvalue weighted by molar-refractivity contribution is -0.120. The second kappa shape index (κ2) is 3.88. The van der Waals surface area contributed by atoms with Crippen molar-refractivity contribution in [2.75, 3.05) is 13.1 Å². The Morgan fingerprint density at radius 2 is 2.00 bits per heavy atom. The van der Waals surface area contributed by atoms with Crippen LogP contribution in [0.4, 0.5) is 0 Å². The van der Waals surface area contributed by atoms with Gasteiger partial charge >= 0.3 is 0 Å². The van der Waals surface area contributed by atoms with Crippen LogP contribution in [0.25, 0.3) is 0 Å². The Morgan fingerprint density at radius 3 is 2.62 bits per heavy atom. The van der Waals surface area contributed by atoms with Crippen molar-refractivity contribution in [2.24, 2.45) is 23.7 Å². The van der Waals surface area contributed by atoms with Gasteiger partial charge in [-0.3, -0.25) is 4.79 Å². The van der Waals surface area contributed by atoms with E-state index in [0.717, 1.165) is 23.7 Å². The summed E-state index contributed by atoms with van der Waals surface area (Å²) in [7, 11) is 0. The van der Waals surface area contributed by atoms with Crippen LogP contribution < -0.4 is 10.6 Å². The molecule has 0 spiro atoms. The standard InChI is InChI=1S/C13H20N2O/c1-2-5-14-7-10(16)15-13-11-8-3-4-9(6-8)12(11)13/h2,8-9,11-14H,1,3-7H2,(H,15,16). The third-order valence-electron chi connectivity index (χ3n) is 4.64. The minimum atomic E-state index is 0.153. The molecule has 3 rings (SSSR count). The lowest BCUT2D eigenvalue weighted by Gasteiger charge is -2.10. The molecule has 0 aliphatic heterocycles. The van der Waals surface area contributed by atoms with E-state index in [-0.39, 0.29) is 5.91 Å². The molecular weight excluding hydrogens is 200 g/mol. The number of nitrogens with one attached hydrogen (secondary N) is 2. The predicted octanol–water partition coefficient (Wildman–Crippen LogP) is 0.923. The average Bonchev–Trinajstić information content (AvgIpc) is 2.70. The fraction of sp³-hybridized carbons (Fsp3) is 0.769. The van der Waals surface area contributed by atoms with Gasteiger partial charge < -0.3 is 10.6 Å². The van der Waals surface area contributed by atoms with E-state index in [0.29, 0.717) is 19.1 Å². The highest BCUT2D eigenvalue weighted by atomic mass is 16.2. The van der Waals surface area contributed by atoms with E-state index in [1.54, 1.807) is 6.08 Å². The molecule has 2 N–H and O–H groups in total. The van der Waals surface area contributed by atoms with Gasteiger partial charge in [-0.2, -0.15) is 0 Å². The van der Waals surface area contributed by atoms with Crippen LogP contribution in [0, 0.1) is 23.7 Å². The van der Waals surface area contributed by atoms with Gasteiger partial charge in [-0.15, -0.1) is 6.58 Å². The maximum Gasteiger partial charge on any atom is 0.234 e. The second-order valence-electron chi connectivity index (χ2n) is 5.50. The Morgan fingerprint density at radius 1 is 1.31 bits per heavy atom. The van der Waals surface area contributed by atoms with Crippen molar-refractivity contribution in [1.29, 1.82) is 0 Å². The van der Waals surface area contributed by atoms with Gasteiger partial charge in [0.25, 0.3) is 0 Å². The molecule has 4 unspecified atom stereocenters. The zero-order chi connectivity index (χ0) is 11.1. The van der Waals surface area contributed by atoms with Crippen molar-refractivity contribution in [3.05, 3.63) is 12.7 Å². The van der Waals surface area contributed by atoms with E-state index < -0.39 is 0 Å². The largest absolute Gasteiger partial charge is 0.352 e. The SMILES string of the molecule is C=CCNCC(=O)NC1C2C3CCC(C3)C12. The molecule has 2 bridgehead atoms. The molecule has 3 aliphatic carbocycles. The third kappa shape index (κ3) is 1.58. The van der Waals surface area contributed by atoms with Crippen LogP contribution in [0.5, 0.6) is 0 Å². The Hall–Kier alpha value is -0.830. The minimum Gasteiger partial charge on any atom is -0.352 e. The van der Waals surface area contributed by atoms with E-state index in [1.165, 1.54) is 19.3 Å². The first-order chi connectivity index (χ1) is 7.81. The van der Waals surface area contributed by atoms with Gasteiger partial charge in [-0.1, -0.05) is 6.08 Å². The quantitative estimate of drug-likeness (QED) is 0.534. The van der Waals surface area contributed by atoms with Crippen LogP contribution in [-0.4, -0.2) is 25.0 Å². The number of carbonyl (C=O) groups excluding carboxylic acids is 1.